The molecule has 1 aromatic rings. The smallest absolute Gasteiger partial charge is 0.149 e. The summed E-state index contributed by atoms with van der Waals surface area (Å²) in [6, 6.07) is -0.0313. The number of rotatable bonds is 2. The van der Waals surface area contributed by atoms with Crippen LogP contribution in [-0.2, 0) is 6.54 Å². The van der Waals surface area contributed by atoms with Gasteiger partial charge >= 0.3 is 0 Å². The van der Waals surface area contributed by atoms with Gasteiger partial charge in [-0.2, -0.15) is 0 Å². The van der Waals surface area contributed by atoms with E-state index in [0.29, 0.717) is 0 Å². The summed E-state index contributed by atoms with van der Waals surface area (Å²) >= 11 is 0. The quantitative estimate of drug-likeness (QED) is 0.679. The second kappa shape index (κ2) is 3.00. The largest absolute Gasteiger partial charge is 0.322 e. The minimum absolute atomic E-state index is 0.0313. The van der Waals surface area contributed by atoms with Crippen LogP contribution in [-0.4, -0.2) is 14.8 Å². The van der Waals surface area contributed by atoms with Gasteiger partial charge in [0.2, 0.25) is 0 Å². The number of nitrogens with two attached hydrogens (primary N) is 1. The summed E-state index contributed by atoms with van der Waals surface area (Å²) in [4.78, 5) is 0. The number of hydrogen-bond acceptors (Lipinski definition) is 3. The Morgan fingerprint density at radius 3 is 2.55 bits per heavy atom. The molecule has 0 aliphatic heterocycles. The molecule has 2 N–H and O–H groups in total. The predicted molar refractivity (Wildman–Crippen MR) is 43.0 cm³/mol. The van der Waals surface area contributed by atoms with E-state index in [9.17, 15) is 0 Å². The lowest BCUT2D eigenvalue weighted by molar-refractivity contribution is 0.626. The van der Waals surface area contributed by atoms with Crippen LogP contribution < -0.4 is 5.73 Å². The fourth-order valence-corrected chi connectivity index (χ4v) is 1.13. The van der Waals surface area contributed by atoms with Crippen LogP contribution in [0.4, 0.5) is 0 Å². The minimum Gasteiger partial charge on any atom is -0.322 e. The molecule has 0 aliphatic rings. The number of aromatic nitrogens is 3. The van der Waals surface area contributed by atoms with Crippen molar-refractivity contribution >= 4 is 0 Å². The molecule has 62 valence electrons. The number of nitrogens with zero attached hydrogens (tertiary/aromatic N) is 3. The normalized spacial score (nSPS) is 13.5. The maximum atomic E-state index is 5.68. The monoisotopic (exact) mass is 154 g/mol. The Balaban J connectivity index is 3.05. The third-order valence-corrected chi connectivity index (χ3v) is 1.69. The van der Waals surface area contributed by atoms with Crippen molar-refractivity contribution in [2.75, 3.05) is 0 Å². The van der Waals surface area contributed by atoms with Crippen LogP contribution in [0.25, 0.3) is 0 Å². The number of hydrogen-bond donors (Lipinski definition) is 1. The van der Waals surface area contributed by atoms with Gasteiger partial charge in [0.25, 0.3) is 0 Å². The van der Waals surface area contributed by atoms with Crippen molar-refractivity contribution in [1.82, 2.24) is 14.8 Å². The van der Waals surface area contributed by atoms with Gasteiger partial charge in [0.15, 0.2) is 0 Å². The van der Waals surface area contributed by atoms with Crippen LogP contribution in [0.5, 0.6) is 0 Å². The lowest BCUT2D eigenvalue weighted by Gasteiger charge is -2.06. The Kier molecular flexibility index (Phi) is 2.24. The average molecular weight is 154 g/mol. The molecule has 1 rings (SSSR count). The third kappa shape index (κ3) is 1.40. The Morgan fingerprint density at radius 1 is 1.55 bits per heavy atom. The van der Waals surface area contributed by atoms with Crippen LogP contribution in [0.1, 0.15) is 31.5 Å². The van der Waals surface area contributed by atoms with Crippen molar-refractivity contribution in [3.8, 4) is 0 Å². The highest BCUT2D eigenvalue weighted by Gasteiger charge is 2.09. The van der Waals surface area contributed by atoms with E-state index in [1.165, 1.54) is 0 Å². The van der Waals surface area contributed by atoms with E-state index in [2.05, 4.69) is 17.1 Å². The van der Waals surface area contributed by atoms with E-state index >= 15 is 0 Å². The molecule has 0 amide bonds. The summed E-state index contributed by atoms with van der Waals surface area (Å²) in [6.07, 6.45) is 0. The first-order chi connectivity index (χ1) is 5.16. The molecule has 1 aromatic heterocycles. The molecular formula is C7H14N4. The van der Waals surface area contributed by atoms with Crippen molar-refractivity contribution in [1.29, 1.82) is 0 Å². The molecule has 11 heavy (non-hydrogen) atoms. The molecule has 0 aromatic carbocycles. The summed E-state index contributed by atoms with van der Waals surface area (Å²) in [5.74, 6) is 1.80. The summed E-state index contributed by atoms with van der Waals surface area (Å²) in [6.45, 7) is 6.79. The Hall–Kier alpha value is -0.900. The van der Waals surface area contributed by atoms with Gasteiger partial charge in [-0.25, -0.2) is 0 Å². The predicted octanol–water partition coefficient (Wildman–Crippen LogP) is 0.626. The van der Waals surface area contributed by atoms with E-state index in [0.717, 1.165) is 18.2 Å². The van der Waals surface area contributed by atoms with Crippen molar-refractivity contribution in [3.05, 3.63) is 11.6 Å². The molecular weight excluding hydrogens is 140 g/mol. The zero-order chi connectivity index (χ0) is 8.43. The molecule has 0 fully saturated rings. The topological polar surface area (TPSA) is 56.7 Å². The summed E-state index contributed by atoms with van der Waals surface area (Å²) in [7, 11) is 0. The van der Waals surface area contributed by atoms with Gasteiger partial charge in [-0.15, -0.1) is 10.2 Å². The summed E-state index contributed by atoms with van der Waals surface area (Å²) < 4.78 is 2.02. The first kappa shape index (κ1) is 8.20. The minimum atomic E-state index is -0.0313. The van der Waals surface area contributed by atoms with E-state index in [-0.39, 0.29) is 6.04 Å². The van der Waals surface area contributed by atoms with Gasteiger partial charge in [0.05, 0.1) is 6.04 Å². The van der Waals surface area contributed by atoms with Crippen molar-refractivity contribution in [3.63, 3.8) is 0 Å². The Morgan fingerprint density at radius 2 is 2.18 bits per heavy atom. The SMILES string of the molecule is CCn1c(C)nnc1C(C)N. The van der Waals surface area contributed by atoms with Crippen LogP contribution in [0.2, 0.25) is 0 Å². The van der Waals surface area contributed by atoms with E-state index in [1.807, 2.05) is 18.4 Å². The molecule has 0 radical (unpaired) electrons. The van der Waals surface area contributed by atoms with Gasteiger partial charge in [-0.3, -0.25) is 0 Å². The second-order valence-corrected chi connectivity index (χ2v) is 2.64. The highest BCUT2D eigenvalue weighted by atomic mass is 15.3. The molecule has 1 atom stereocenters. The first-order valence-corrected chi connectivity index (χ1v) is 3.82. The lowest BCUT2D eigenvalue weighted by Crippen LogP contribution is -2.13. The molecule has 0 saturated heterocycles. The Bertz CT molecular complexity index is 239. The highest BCUT2D eigenvalue weighted by Crippen LogP contribution is 2.07. The van der Waals surface area contributed by atoms with Crippen molar-refractivity contribution in [2.24, 2.45) is 5.73 Å². The van der Waals surface area contributed by atoms with Crippen LogP contribution in [0.15, 0.2) is 0 Å². The van der Waals surface area contributed by atoms with Crippen LogP contribution >= 0.6 is 0 Å². The standard InChI is InChI=1S/C7H14N4/c1-4-11-6(3)9-10-7(11)5(2)8/h5H,4,8H2,1-3H3. The zero-order valence-electron chi connectivity index (χ0n) is 7.20. The molecule has 4 nitrogen and oxygen atoms in total. The first-order valence-electron chi connectivity index (χ1n) is 3.82. The molecule has 0 spiro atoms. The average Bonchev–Trinajstić information content (AvgIpc) is 2.30. The van der Waals surface area contributed by atoms with Crippen molar-refractivity contribution < 1.29 is 0 Å². The summed E-state index contributed by atoms with van der Waals surface area (Å²) in [5.41, 5.74) is 5.68. The van der Waals surface area contributed by atoms with Gasteiger partial charge < -0.3 is 10.3 Å². The van der Waals surface area contributed by atoms with Crippen LogP contribution in [0.3, 0.4) is 0 Å². The van der Waals surface area contributed by atoms with E-state index in [4.69, 9.17) is 5.73 Å². The molecule has 0 aliphatic carbocycles. The van der Waals surface area contributed by atoms with Gasteiger partial charge in [0.1, 0.15) is 11.6 Å². The molecule has 1 unspecified atom stereocenters. The maximum absolute atomic E-state index is 5.68. The second-order valence-electron chi connectivity index (χ2n) is 2.64. The molecule has 4 heteroatoms. The van der Waals surface area contributed by atoms with Crippen LogP contribution in [0, 0.1) is 6.92 Å². The maximum Gasteiger partial charge on any atom is 0.149 e. The molecule has 0 saturated carbocycles. The van der Waals surface area contributed by atoms with E-state index in [1.54, 1.807) is 0 Å². The van der Waals surface area contributed by atoms with Gasteiger partial charge in [0, 0.05) is 6.54 Å². The van der Waals surface area contributed by atoms with E-state index < -0.39 is 0 Å². The lowest BCUT2D eigenvalue weighted by atomic mass is 10.3. The van der Waals surface area contributed by atoms with Gasteiger partial charge in [-0.1, -0.05) is 0 Å². The fourth-order valence-electron chi connectivity index (χ4n) is 1.13. The third-order valence-electron chi connectivity index (χ3n) is 1.69. The van der Waals surface area contributed by atoms with Gasteiger partial charge in [-0.05, 0) is 20.8 Å². The highest BCUT2D eigenvalue weighted by molar-refractivity contribution is 4.97. The molecule has 0 bridgehead atoms. The zero-order valence-corrected chi connectivity index (χ0v) is 7.20. The number of aryl methyl sites for hydroxylation is 1. The van der Waals surface area contributed by atoms with Crippen molar-refractivity contribution in [2.45, 2.75) is 33.4 Å². The molecule has 1 heterocycles. The Labute approximate surface area is 66.4 Å². The summed E-state index contributed by atoms with van der Waals surface area (Å²) in [5, 5.41) is 7.92. The fraction of sp³-hybridized carbons (Fsp3) is 0.714.